The van der Waals surface area contributed by atoms with Gasteiger partial charge in [-0.1, -0.05) is 103 Å². The third-order valence-electron chi connectivity index (χ3n) is 5.60. The Morgan fingerprint density at radius 3 is 1.46 bits per heavy atom. The van der Waals surface area contributed by atoms with Crippen LogP contribution in [-0.2, 0) is 5.54 Å². The van der Waals surface area contributed by atoms with Crippen molar-refractivity contribution in [1.82, 2.24) is 0 Å². The van der Waals surface area contributed by atoms with Crippen molar-refractivity contribution in [2.24, 2.45) is 0 Å². The van der Waals surface area contributed by atoms with E-state index in [2.05, 4.69) is 125 Å². The Morgan fingerprint density at radius 2 is 0.964 bits per heavy atom. The molecule has 28 heavy (non-hydrogen) atoms. The van der Waals surface area contributed by atoms with Gasteiger partial charge in [-0.15, -0.1) is 0 Å². The minimum atomic E-state index is -0.427. The minimum Gasteiger partial charge on any atom is -0.366 e. The van der Waals surface area contributed by atoms with Crippen LogP contribution in [0.1, 0.15) is 16.7 Å². The fraction of sp³-hybridized carbons (Fsp3) is 0.0769. The molecule has 2 nitrogen and oxygen atoms in total. The van der Waals surface area contributed by atoms with E-state index in [0.717, 1.165) is 6.67 Å². The van der Waals surface area contributed by atoms with E-state index in [1.54, 1.807) is 0 Å². The summed E-state index contributed by atoms with van der Waals surface area (Å²) < 4.78 is 0. The molecule has 0 aromatic heterocycles. The topological polar surface area (TPSA) is 15.3 Å². The molecule has 5 rings (SSSR count). The second-order valence-electron chi connectivity index (χ2n) is 7.09. The molecule has 1 aliphatic heterocycles. The molecule has 0 aliphatic carbocycles. The zero-order valence-corrected chi connectivity index (χ0v) is 15.6. The van der Waals surface area contributed by atoms with Gasteiger partial charge in [0, 0.05) is 0 Å². The smallest absolute Gasteiger partial charge is 0.118 e. The minimum absolute atomic E-state index is 0.427. The zero-order valence-electron chi connectivity index (χ0n) is 15.6. The molecule has 0 bridgehead atoms. The molecule has 0 radical (unpaired) electrons. The van der Waals surface area contributed by atoms with Crippen LogP contribution in [0.2, 0.25) is 0 Å². The van der Waals surface area contributed by atoms with E-state index in [1.165, 1.54) is 28.1 Å². The summed E-state index contributed by atoms with van der Waals surface area (Å²) in [7, 11) is 0. The highest BCUT2D eigenvalue weighted by Gasteiger charge is 2.44. The lowest BCUT2D eigenvalue weighted by atomic mass is 9.75. The summed E-state index contributed by atoms with van der Waals surface area (Å²) in [5, 5.41) is 3.59. The van der Waals surface area contributed by atoms with Gasteiger partial charge in [0.2, 0.25) is 0 Å². The van der Waals surface area contributed by atoms with Gasteiger partial charge in [-0.25, -0.2) is 0 Å². The maximum Gasteiger partial charge on any atom is 0.118 e. The maximum absolute atomic E-state index is 3.59. The predicted octanol–water partition coefficient (Wildman–Crippen LogP) is 5.87. The highest BCUT2D eigenvalue weighted by atomic mass is 15.3. The maximum atomic E-state index is 3.59. The molecule has 4 aromatic carbocycles. The summed E-state index contributed by atoms with van der Waals surface area (Å²) in [6.07, 6.45) is 0. The SMILES string of the molecule is c1ccc(C(c2ccccc2)(c2ccccc2)N2CNc3ccccc32)cc1. The van der Waals surface area contributed by atoms with E-state index in [4.69, 9.17) is 0 Å². The van der Waals surface area contributed by atoms with Crippen LogP contribution < -0.4 is 10.2 Å². The lowest BCUT2D eigenvalue weighted by Crippen LogP contribution is -2.48. The van der Waals surface area contributed by atoms with Crippen molar-refractivity contribution in [3.8, 4) is 0 Å². The molecule has 1 aliphatic rings. The normalized spacial score (nSPS) is 13.1. The summed E-state index contributed by atoms with van der Waals surface area (Å²) in [6, 6.07) is 41.0. The molecule has 0 saturated carbocycles. The lowest BCUT2D eigenvalue weighted by Gasteiger charge is -2.44. The van der Waals surface area contributed by atoms with Gasteiger partial charge in [0.05, 0.1) is 18.0 Å². The van der Waals surface area contributed by atoms with Crippen molar-refractivity contribution in [2.75, 3.05) is 16.9 Å². The van der Waals surface area contributed by atoms with Crippen LogP contribution in [0.3, 0.4) is 0 Å². The fourth-order valence-corrected chi connectivity index (χ4v) is 4.41. The molecule has 0 fully saturated rings. The third-order valence-corrected chi connectivity index (χ3v) is 5.60. The number of benzene rings is 4. The van der Waals surface area contributed by atoms with Crippen molar-refractivity contribution in [3.05, 3.63) is 132 Å². The molecule has 1 N–H and O–H groups in total. The number of rotatable bonds is 4. The summed E-state index contributed by atoms with van der Waals surface area (Å²) in [5.41, 5.74) is 5.74. The Kier molecular flexibility index (Phi) is 4.10. The van der Waals surface area contributed by atoms with Crippen molar-refractivity contribution < 1.29 is 0 Å². The largest absolute Gasteiger partial charge is 0.366 e. The summed E-state index contributed by atoms with van der Waals surface area (Å²) >= 11 is 0. The number of fused-ring (bicyclic) bond motifs is 1. The number of anilines is 2. The van der Waals surface area contributed by atoms with Gasteiger partial charge in [0.1, 0.15) is 5.54 Å². The molecule has 0 amide bonds. The van der Waals surface area contributed by atoms with Crippen LogP contribution in [0, 0.1) is 0 Å². The standard InChI is InChI=1S/C26H22N2/c1-4-12-21(13-5-1)26(22-14-6-2-7-15-22,23-16-8-3-9-17-23)28-20-27-24-18-10-11-19-25(24)28/h1-19,27H,20H2. The van der Waals surface area contributed by atoms with Crippen LogP contribution in [0.25, 0.3) is 0 Å². The van der Waals surface area contributed by atoms with Gasteiger partial charge >= 0.3 is 0 Å². The molecule has 1 heterocycles. The molecule has 0 saturated heterocycles. The fourth-order valence-electron chi connectivity index (χ4n) is 4.41. The van der Waals surface area contributed by atoms with E-state index < -0.39 is 5.54 Å². The Morgan fingerprint density at radius 1 is 0.536 bits per heavy atom. The summed E-state index contributed by atoms with van der Waals surface area (Å²) in [6.45, 7) is 0.748. The van der Waals surface area contributed by atoms with Gasteiger partial charge in [-0.05, 0) is 28.8 Å². The van der Waals surface area contributed by atoms with Crippen molar-refractivity contribution in [3.63, 3.8) is 0 Å². The average Bonchev–Trinajstić information content (AvgIpc) is 3.21. The van der Waals surface area contributed by atoms with Crippen LogP contribution in [0.15, 0.2) is 115 Å². The lowest BCUT2D eigenvalue weighted by molar-refractivity contribution is 0.584. The van der Waals surface area contributed by atoms with E-state index >= 15 is 0 Å². The van der Waals surface area contributed by atoms with Gasteiger partial charge in [0.25, 0.3) is 0 Å². The first-order valence-electron chi connectivity index (χ1n) is 9.68. The molecule has 136 valence electrons. The molecular weight excluding hydrogens is 340 g/mol. The highest BCUT2D eigenvalue weighted by Crippen LogP contribution is 2.48. The Labute approximate surface area is 166 Å². The number of hydrogen-bond donors (Lipinski definition) is 1. The first kappa shape index (κ1) is 16.6. The first-order valence-corrected chi connectivity index (χ1v) is 9.68. The number of para-hydroxylation sites is 2. The third kappa shape index (κ3) is 2.49. The first-order chi connectivity index (χ1) is 13.9. The van der Waals surface area contributed by atoms with Crippen LogP contribution in [0.4, 0.5) is 11.4 Å². The van der Waals surface area contributed by atoms with E-state index in [0.29, 0.717) is 0 Å². The zero-order chi connectivity index (χ0) is 18.8. The predicted molar refractivity (Wildman–Crippen MR) is 117 cm³/mol. The van der Waals surface area contributed by atoms with Crippen molar-refractivity contribution in [1.29, 1.82) is 0 Å². The van der Waals surface area contributed by atoms with Gasteiger partial charge in [-0.2, -0.15) is 0 Å². The molecule has 4 aromatic rings. The van der Waals surface area contributed by atoms with Crippen LogP contribution >= 0.6 is 0 Å². The number of hydrogen-bond acceptors (Lipinski definition) is 2. The second-order valence-corrected chi connectivity index (χ2v) is 7.09. The quantitative estimate of drug-likeness (QED) is 0.457. The number of nitrogens with one attached hydrogen (secondary N) is 1. The van der Waals surface area contributed by atoms with E-state index in [9.17, 15) is 0 Å². The van der Waals surface area contributed by atoms with Crippen LogP contribution in [-0.4, -0.2) is 6.67 Å². The molecule has 0 unspecified atom stereocenters. The molecule has 0 atom stereocenters. The Bertz CT molecular complexity index is 962. The summed E-state index contributed by atoms with van der Waals surface area (Å²) in [4.78, 5) is 2.49. The van der Waals surface area contributed by atoms with E-state index in [1.807, 2.05) is 0 Å². The van der Waals surface area contributed by atoms with Gasteiger partial charge < -0.3 is 10.2 Å². The number of nitrogens with zero attached hydrogens (tertiary/aromatic N) is 1. The Hall–Kier alpha value is -3.52. The van der Waals surface area contributed by atoms with Crippen molar-refractivity contribution in [2.45, 2.75) is 5.54 Å². The molecule has 0 spiro atoms. The average molecular weight is 362 g/mol. The molecule has 2 heteroatoms. The summed E-state index contributed by atoms with van der Waals surface area (Å²) in [5.74, 6) is 0. The highest BCUT2D eigenvalue weighted by molar-refractivity contribution is 5.78. The van der Waals surface area contributed by atoms with Crippen LogP contribution in [0.5, 0.6) is 0 Å². The van der Waals surface area contributed by atoms with Crippen molar-refractivity contribution >= 4 is 11.4 Å². The van der Waals surface area contributed by atoms with Gasteiger partial charge in [0.15, 0.2) is 0 Å². The monoisotopic (exact) mass is 362 g/mol. The van der Waals surface area contributed by atoms with E-state index in [-0.39, 0.29) is 0 Å². The second kappa shape index (κ2) is 6.90. The van der Waals surface area contributed by atoms with Gasteiger partial charge in [-0.3, -0.25) is 0 Å². The Balaban J connectivity index is 1.87. The molecular formula is C26H22N2.